The standard InChI is InChI=1S/C16H28N2O3/c1-2-13-4-3-9-18(12-13)16(21)17-10-7-14(8-11-17)5-6-15(19)20/h13-14H,2-12H2,1H3,(H,19,20). The molecule has 0 bridgehead atoms. The molecule has 2 rings (SSSR count). The molecule has 2 fully saturated rings. The summed E-state index contributed by atoms with van der Waals surface area (Å²) in [5.41, 5.74) is 0. The van der Waals surface area contributed by atoms with Crippen LogP contribution in [0.1, 0.15) is 51.9 Å². The van der Waals surface area contributed by atoms with Crippen LogP contribution in [0.3, 0.4) is 0 Å². The highest BCUT2D eigenvalue weighted by atomic mass is 16.4. The number of piperidine rings is 2. The summed E-state index contributed by atoms with van der Waals surface area (Å²) in [5, 5.41) is 8.73. The van der Waals surface area contributed by atoms with Gasteiger partial charge in [0.05, 0.1) is 0 Å². The van der Waals surface area contributed by atoms with E-state index < -0.39 is 5.97 Å². The third-order valence-corrected chi connectivity index (χ3v) is 5.02. The van der Waals surface area contributed by atoms with Gasteiger partial charge in [-0.15, -0.1) is 0 Å². The van der Waals surface area contributed by atoms with Crippen LogP contribution in [-0.2, 0) is 4.79 Å². The molecule has 0 saturated carbocycles. The van der Waals surface area contributed by atoms with Crippen molar-refractivity contribution in [2.45, 2.75) is 51.9 Å². The van der Waals surface area contributed by atoms with Crippen molar-refractivity contribution in [1.29, 1.82) is 0 Å². The van der Waals surface area contributed by atoms with Gasteiger partial charge in [-0.3, -0.25) is 4.79 Å². The largest absolute Gasteiger partial charge is 0.481 e. The summed E-state index contributed by atoms with van der Waals surface area (Å²) < 4.78 is 0. The molecule has 21 heavy (non-hydrogen) atoms. The maximum atomic E-state index is 12.5. The van der Waals surface area contributed by atoms with Gasteiger partial charge in [-0.2, -0.15) is 0 Å². The number of aliphatic carboxylic acids is 1. The molecule has 5 nitrogen and oxygen atoms in total. The molecule has 0 aromatic rings. The van der Waals surface area contributed by atoms with Crippen molar-refractivity contribution < 1.29 is 14.7 Å². The van der Waals surface area contributed by atoms with Gasteiger partial charge in [0.15, 0.2) is 0 Å². The highest BCUT2D eigenvalue weighted by Crippen LogP contribution is 2.25. The van der Waals surface area contributed by atoms with Crippen LogP contribution in [0, 0.1) is 11.8 Å². The summed E-state index contributed by atoms with van der Waals surface area (Å²) in [6.07, 6.45) is 6.42. The Morgan fingerprint density at radius 2 is 1.76 bits per heavy atom. The fourth-order valence-electron chi connectivity index (χ4n) is 3.51. The zero-order valence-corrected chi connectivity index (χ0v) is 13.1. The molecule has 0 aromatic heterocycles. The summed E-state index contributed by atoms with van der Waals surface area (Å²) in [4.78, 5) is 27.1. The fraction of sp³-hybridized carbons (Fsp3) is 0.875. The number of hydrogen-bond donors (Lipinski definition) is 1. The number of carboxylic acids is 1. The van der Waals surface area contributed by atoms with Gasteiger partial charge in [-0.05, 0) is 43.9 Å². The van der Waals surface area contributed by atoms with Gasteiger partial charge in [0.1, 0.15) is 0 Å². The smallest absolute Gasteiger partial charge is 0.320 e. The molecule has 1 N–H and O–H groups in total. The number of urea groups is 1. The lowest BCUT2D eigenvalue weighted by atomic mass is 9.92. The Bertz CT molecular complexity index is 365. The van der Waals surface area contributed by atoms with Gasteiger partial charge >= 0.3 is 12.0 Å². The van der Waals surface area contributed by atoms with E-state index in [2.05, 4.69) is 6.92 Å². The highest BCUT2D eigenvalue weighted by molar-refractivity contribution is 5.74. The van der Waals surface area contributed by atoms with Crippen LogP contribution in [0.15, 0.2) is 0 Å². The van der Waals surface area contributed by atoms with Gasteiger partial charge in [-0.1, -0.05) is 13.3 Å². The number of hydrogen-bond acceptors (Lipinski definition) is 2. The Morgan fingerprint density at radius 3 is 2.38 bits per heavy atom. The van der Waals surface area contributed by atoms with E-state index in [0.717, 1.165) is 58.3 Å². The number of rotatable bonds is 4. The van der Waals surface area contributed by atoms with Gasteiger partial charge in [-0.25, -0.2) is 4.79 Å². The predicted octanol–water partition coefficient (Wildman–Crippen LogP) is 2.81. The molecule has 0 radical (unpaired) electrons. The molecule has 0 spiro atoms. The van der Waals surface area contributed by atoms with E-state index >= 15 is 0 Å². The van der Waals surface area contributed by atoms with Crippen molar-refractivity contribution >= 4 is 12.0 Å². The van der Waals surface area contributed by atoms with Crippen molar-refractivity contribution in [2.24, 2.45) is 11.8 Å². The monoisotopic (exact) mass is 296 g/mol. The van der Waals surface area contributed by atoms with Gasteiger partial charge in [0.25, 0.3) is 0 Å². The lowest BCUT2D eigenvalue weighted by molar-refractivity contribution is -0.137. The van der Waals surface area contributed by atoms with Crippen molar-refractivity contribution in [3.8, 4) is 0 Å². The molecule has 0 aromatic carbocycles. The average molecular weight is 296 g/mol. The first-order valence-corrected chi connectivity index (χ1v) is 8.35. The normalized spacial score (nSPS) is 24.1. The Kier molecular flexibility index (Phi) is 5.88. The van der Waals surface area contributed by atoms with Gasteiger partial charge in [0, 0.05) is 32.6 Å². The number of carboxylic acid groups (broad SMARTS) is 1. The molecule has 2 aliphatic rings. The number of likely N-dealkylation sites (tertiary alicyclic amines) is 2. The number of carbonyl (C=O) groups is 2. The van der Waals surface area contributed by atoms with E-state index in [1.807, 2.05) is 9.80 Å². The minimum absolute atomic E-state index is 0.199. The van der Waals surface area contributed by atoms with Crippen LogP contribution in [0.25, 0.3) is 0 Å². The fourth-order valence-corrected chi connectivity index (χ4v) is 3.51. The molecule has 1 unspecified atom stereocenters. The molecule has 2 heterocycles. The zero-order chi connectivity index (χ0) is 15.2. The van der Waals surface area contributed by atoms with Crippen molar-refractivity contribution in [3.05, 3.63) is 0 Å². The lowest BCUT2D eigenvalue weighted by Gasteiger charge is -2.39. The molecule has 1 atom stereocenters. The Labute approximate surface area is 127 Å². The summed E-state index contributed by atoms with van der Waals surface area (Å²) in [7, 11) is 0. The van der Waals surface area contributed by atoms with Gasteiger partial charge in [0.2, 0.25) is 0 Å². The van der Waals surface area contributed by atoms with Crippen LogP contribution in [0.2, 0.25) is 0 Å². The maximum Gasteiger partial charge on any atom is 0.320 e. The van der Waals surface area contributed by atoms with E-state index in [9.17, 15) is 9.59 Å². The maximum absolute atomic E-state index is 12.5. The minimum atomic E-state index is -0.715. The third-order valence-electron chi connectivity index (χ3n) is 5.02. The first-order chi connectivity index (χ1) is 10.1. The Morgan fingerprint density at radius 1 is 1.05 bits per heavy atom. The van der Waals surface area contributed by atoms with Crippen LogP contribution in [0.4, 0.5) is 4.79 Å². The average Bonchev–Trinajstić information content (AvgIpc) is 2.52. The molecule has 0 aliphatic carbocycles. The van der Waals surface area contributed by atoms with E-state index in [1.165, 1.54) is 6.42 Å². The number of amides is 2. The third kappa shape index (κ3) is 4.61. The molecule has 2 aliphatic heterocycles. The number of carbonyl (C=O) groups excluding carboxylic acids is 1. The topological polar surface area (TPSA) is 60.9 Å². The lowest BCUT2D eigenvalue weighted by Crippen LogP contribution is -2.49. The number of nitrogens with zero attached hydrogens (tertiary/aromatic N) is 2. The van der Waals surface area contributed by atoms with Crippen LogP contribution < -0.4 is 0 Å². The summed E-state index contributed by atoms with van der Waals surface area (Å²) in [6.45, 7) is 5.59. The van der Waals surface area contributed by atoms with Crippen LogP contribution in [0.5, 0.6) is 0 Å². The second-order valence-corrected chi connectivity index (χ2v) is 6.51. The molecular weight excluding hydrogens is 268 g/mol. The predicted molar refractivity (Wildman–Crippen MR) is 81.2 cm³/mol. The van der Waals surface area contributed by atoms with Gasteiger partial charge < -0.3 is 14.9 Å². The molecule has 5 heteroatoms. The van der Waals surface area contributed by atoms with E-state index in [1.54, 1.807) is 0 Å². The highest BCUT2D eigenvalue weighted by Gasteiger charge is 2.29. The molecule has 120 valence electrons. The molecule has 2 amide bonds. The van der Waals surface area contributed by atoms with Crippen molar-refractivity contribution in [2.75, 3.05) is 26.2 Å². The summed E-state index contributed by atoms with van der Waals surface area (Å²) >= 11 is 0. The quantitative estimate of drug-likeness (QED) is 0.867. The van der Waals surface area contributed by atoms with E-state index in [0.29, 0.717) is 11.8 Å². The van der Waals surface area contributed by atoms with Crippen molar-refractivity contribution in [1.82, 2.24) is 9.80 Å². The Balaban J connectivity index is 1.76. The SMILES string of the molecule is CCC1CCCN(C(=O)N2CCC(CCC(=O)O)CC2)C1. The van der Waals surface area contributed by atoms with Crippen LogP contribution >= 0.6 is 0 Å². The second kappa shape index (κ2) is 7.66. The first kappa shape index (κ1) is 16.1. The minimum Gasteiger partial charge on any atom is -0.481 e. The van der Waals surface area contributed by atoms with E-state index in [-0.39, 0.29) is 12.5 Å². The first-order valence-electron chi connectivity index (χ1n) is 8.35. The second-order valence-electron chi connectivity index (χ2n) is 6.51. The Hall–Kier alpha value is -1.26. The zero-order valence-electron chi connectivity index (χ0n) is 13.1. The van der Waals surface area contributed by atoms with E-state index in [4.69, 9.17) is 5.11 Å². The van der Waals surface area contributed by atoms with Crippen LogP contribution in [-0.4, -0.2) is 53.1 Å². The summed E-state index contributed by atoms with van der Waals surface area (Å²) in [5.74, 6) is 0.415. The molecule has 2 saturated heterocycles. The summed E-state index contributed by atoms with van der Waals surface area (Å²) in [6, 6.07) is 0.199. The molecular formula is C16H28N2O3. The van der Waals surface area contributed by atoms with Crippen molar-refractivity contribution in [3.63, 3.8) is 0 Å².